The van der Waals surface area contributed by atoms with Gasteiger partial charge in [-0.1, -0.05) is 101 Å². The Kier molecular flexibility index (Phi) is 8.04. The first kappa shape index (κ1) is 19.6. The average molecular weight is 339 g/mol. The lowest BCUT2D eigenvalue weighted by molar-refractivity contribution is 0.113. The molecule has 1 unspecified atom stereocenters. The van der Waals surface area contributed by atoms with E-state index >= 15 is 0 Å². The molecule has 2 aromatic carbocycles. The molecule has 2 rings (SSSR count). The molecule has 1 atom stereocenters. The van der Waals surface area contributed by atoms with Gasteiger partial charge < -0.3 is 4.74 Å². The van der Waals surface area contributed by atoms with Gasteiger partial charge in [-0.25, -0.2) is 0 Å². The van der Waals surface area contributed by atoms with Crippen LogP contribution in [0.5, 0.6) is 5.75 Å². The fraction of sp³-hybridized carbons (Fsp3) is 0.500. The van der Waals surface area contributed by atoms with Crippen molar-refractivity contribution in [3.63, 3.8) is 0 Å². The Bertz CT molecular complexity index is 574. The summed E-state index contributed by atoms with van der Waals surface area (Å²) in [6.07, 6.45) is 9.20. The first-order chi connectivity index (χ1) is 12.1. The Balaban J connectivity index is 2.03. The third kappa shape index (κ3) is 6.23. The molecule has 0 saturated carbocycles. The molecule has 0 aromatic heterocycles. The van der Waals surface area contributed by atoms with E-state index in [0.29, 0.717) is 0 Å². The van der Waals surface area contributed by atoms with Crippen LogP contribution in [0.4, 0.5) is 0 Å². The van der Waals surface area contributed by atoms with Crippen LogP contribution in [0.15, 0.2) is 60.7 Å². The first-order valence-corrected chi connectivity index (χ1v) is 9.92. The van der Waals surface area contributed by atoms with Crippen LogP contribution in [-0.4, -0.2) is 6.10 Å². The molecule has 0 aliphatic heterocycles. The van der Waals surface area contributed by atoms with Crippen LogP contribution >= 0.6 is 0 Å². The topological polar surface area (TPSA) is 9.23 Å². The van der Waals surface area contributed by atoms with Gasteiger partial charge in [-0.05, 0) is 30.5 Å². The molecule has 0 radical (unpaired) electrons. The van der Waals surface area contributed by atoms with E-state index in [9.17, 15) is 0 Å². The van der Waals surface area contributed by atoms with E-state index in [-0.39, 0.29) is 11.5 Å². The summed E-state index contributed by atoms with van der Waals surface area (Å²) in [6.45, 7) is 6.89. The lowest BCUT2D eigenvalue weighted by atomic mass is 9.77. The van der Waals surface area contributed by atoms with Crippen LogP contribution in [0, 0.1) is 0 Å². The normalized spacial score (nSPS) is 12.8. The standard InChI is InChI=1S/C24H34O/c1-4-5-6-7-8-15-20-23(25-22-18-13-10-14-19-22)24(2,3)21-16-11-9-12-17-21/h9-14,16-19,23H,4-8,15,20H2,1-3H3. The number of ether oxygens (including phenoxy) is 1. The maximum Gasteiger partial charge on any atom is 0.119 e. The molecule has 0 N–H and O–H groups in total. The predicted molar refractivity (Wildman–Crippen MR) is 108 cm³/mol. The lowest BCUT2D eigenvalue weighted by Crippen LogP contribution is -2.38. The molecule has 2 aromatic rings. The van der Waals surface area contributed by atoms with Crippen molar-refractivity contribution in [2.24, 2.45) is 0 Å². The van der Waals surface area contributed by atoms with Crippen molar-refractivity contribution < 1.29 is 4.74 Å². The van der Waals surface area contributed by atoms with Crippen molar-refractivity contribution in [1.29, 1.82) is 0 Å². The number of hydrogen-bond acceptors (Lipinski definition) is 1. The minimum atomic E-state index is -0.0134. The van der Waals surface area contributed by atoms with Crippen LogP contribution in [-0.2, 0) is 5.41 Å². The zero-order chi connectivity index (χ0) is 18.0. The fourth-order valence-corrected chi connectivity index (χ4v) is 3.39. The number of unbranched alkanes of at least 4 members (excludes halogenated alkanes) is 5. The molecule has 0 fully saturated rings. The van der Waals surface area contributed by atoms with Gasteiger partial charge in [-0.15, -0.1) is 0 Å². The monoisotopic (exact) mass is 338 g/mol. The van der Waals surface area contributed by atoms with Crippen molar-refractivity contribution >= 4 is 0 Å². The number of benzene rings is 2. The van der Waals surface area contributed by atoms with Gasteiger partial charge in [0.1, 0.15) is 11.9 Å². The molecule has 1 heteroatoms. The van der Waals surface area contributed by atoms with Gasteiger partial charge in [0.2, 0.25) is 0 Å². The number of hydrogen-bond donors (Lipinski definition) is 0. The van der Waals surface area contributed by atoms with Crippen molar-refractivity contribution in [2.45, 2.75) is 77.2 Å². The second-order valence-corrected chi connectivity index (χ2v) is 7.56. The molecule has 25 heavy (non-hydrogen) atoms. The van der Waals surface area contributed by atoms with Crippen LogP contribution in [0.1, 0.15) is 71.3 Å². The van der Waals surface area contributed by atoms with E-state index in [1.165, 1.54) is 44.1 Å². The quantitative estimate of drug-likeness (QED) is 0.395. The summed E-state index contributed by atoms with van der Waals surface area (Å²) < 4.78 is 6.46. The highest BCUT2D eigenvalue weighted by molar-refractivity contribution is 5.27. The Hall–Kier alpha value is -1.76. The summed E-state index contributed by atoms with van der Waals surface area (Å²) in [5, 5.41) is 0. The summed E-state index contributed by atoms with van der Waals surface area (Å²) in [4.78, 5) is 0. The summed E-state index contributed by atoms with van der Waals surface area (Å²) in [7, 11) is 0. The van der Waals surface area contributed by atoms with Crippen LogP contribution in [0.25, 0.3) is 0 Å². The number of para-hydroxylation sites is 1. The molecule has 136 valence electrons. The molecule has 0 bridgehead atoms. The molecule has 0 heterocycles. The van der Waals surface area contributed by atoms with E-state index in [2.05, 4.69) is 63.2 Å². The van der Waals surface area contributed by atoms with E-state index in [1.807, 2.05) is 18.2 Å². The zero-order valence-electron chi connectivity index (χ0n) is 16.2. The van der Waals surface area contributed by atoms with Gasteiger partial charge >= 0.3 is 0 Å². The minimum absolute atomic E-state index is 0.0134. The summed E-state index contributed by atoms with van der Waals surface area (Å²) in [5.41, 5.74) is 1.34. The fourth-order valence-electron chi connectivity index (χ4n) is 3.39. The largest absolute Gasteiger partial charge is 0.490 e. The summed E-state index contributed by atoms with van der Waals surface area (Å²) in [5.74, 6) is 0.975. The predicted octanol–water partition coefficient (Wildman–Crippen LogP) is 7.16. The van der Waals surface area contributed by atoms with Gasteiger partial charge in [-0.2, -0.15) is 0 Å². The van der Waals surface area contributed by atoms with E-state index < -0.39 is 0 Å². The summed E-state index contributed by atoms with van der Waals surface area (Å²) in [6, 6.07) is 21.1. The van der Waals surface area contributed by atoms with Gasteiger partial charge in [0, 0.05) is 5.41 Å². The maximum atomic E-state index is 6.46. The molecule has 1 nitrogen and oxygen atoms in total. The molecule has 0 aliphatic rings. The molecular formula is C24H34O. The highest BCUT2D eigenvalue weighted by Crippen LogP contribution is 2.33. The second-order valence-electron chi connectivity index (χ2n) is 7.56. The van der Waals surface area contributed by atoms with E-state index in [4.69, 9.17) is 4.74 Å². The Labute approximate surface area is 154 Å². The third-order valence-corrected chi connectivity index (χ3v) is 5.16. The Morgan fingerprint density at radius 1 is 0.760 bits per heavy atom. The maximum absolute atomic E-state index is 6.46. The van der Waals surface area contributed by atoms with Gasteiger partial charge in [0.15, 0.2) is 0 Å². The first-order valence-electron chi connectivity index (χ1n) is 9.92. The molecular weight excluding hydrogens is 304 g/mol. The molecule has 0 aliphatic carbocycles. The Morgan fingerprint density at radius 3 is 1.96 bits per heavy atom. The molecule has 0 amide bonds. The lowest BCUT2D eigenvalue weighted by Gasteiger charge is -2.35. The second kappa shape index (κ2) is 10.3. The highest BCUT2D eigenvalue weighted by Gasteiger charge is 2.32. The van der Waals surface area contributed by atoms with Crippen molar-refractivity contribution in [1.82, 2.24) is 0 Å². The SMILES string of the molecule is CCCCCCCCC(Oc1ccccc1)C(C)(C)c1ccccc1. The number of rotatable bonds is 11. The van der Waals surface area contributed by atoms with E-state index in [1.54, 1.807) is 0 Å². The molecule has 0 saturated heterocycles. The Morgan fingerprint density at radius 2 is 1.32 bits per heavy atom. The van der Waals surface area contributed by atoms with Gasteiger partial charge in [0.05, 0.1) is 0 Å². The minimum Gasteiger partial charge on any atom is -0.490 e. The van der Waals surface area contributed by atoms with Crippen LogP contribution < -0.4 is 4.74 Å². The van der Waals surface area contributed by atoms with Gasteiger partial charge in [0.25, 0.3) is 0 Å². The van der Waals surface area contributed by atoms with Crippen molar-refractivity contribution in [3.05, 3.63) is 66.2 Å². The highest BCUT2D eigenvalue weighted by atomic mass is 16.5. The average Bonchev–Trinajstić information content (AvgIpc) is 2.65. The zero-order valence-corrected chi connectivity index (χ0v) is 16.2. The summed E-state index contributed by atoms with van der Waals surface area (Å²) >= 11 is 0. The van der Waals surface area contributed by atoms with E-state index in [0.717, 1.165) is 12.2 Å². The smallest absolute Gasteiger partial charge is 0.119 e. The van der Waals surface area contributed by atoms with Crippen molar-refractivity contribution in [3.8, 4) is 5.75 Å². The third-order valence-electron chi connectivity index (χ3n) is 5.16. The van der Waals surface area contributed by atoms with Gasteiger partial charge in [-0.3, -0.25) is 0 Å². The molecule has 0 spiro atoms. The van der Waals surface area contributed by atoms with Crippen molar-refractivity contribution in [2.75, 3.05) is 0 Å². The van der Waals surface area contributed by atoms with Crippen LogP contribution in [0.2, 0.25) is 0 Å². The van der Waals surface area contributed by atoms with Crippen LogP contribution in [0.3, 0.4) is 0 Å².